The molecule has 0 fully saturated rings. The summed E-state index contributed by atoms with van der Waals surface area (Å²) >= 11 is 1.93. The Bertz CT molecular complexity index is 295. The van der Waals surface area contributed by atoms with Crippen molar-refractivity contribution in [2.75, 3.05) is 6.51 Å². The van der Waals surface area contributed by atoms with Gasteiger partial charge >= 0.3 is 58.4 Å². The molecule has 0 atom stereocenters. The van der Waals surface area contributed by atoms with Crippen LogP contribution < -0.4 is 56.1 Å². The number of rotatable bonds is 3. The molecule has 0 unspecified atom stereocenters. The molecule has 1 rings (SSSR count). The predicted octanol–water partition coefficient (Wildman–Crippen LogP) is 0.0606. The molecule has 14 heavy (non-hydrogen) atoms. The van der Waals surface area contributed by atoms with Gasteiger partial charge in [0.15, 0.2) is 0 Å². The van der Waals surface area contributed by atoms with Gasteiger partial charge in [0.25, 0.3) is 0 Å². The van der Waals surface area contributed by atoms with Crippen LogP contribution >= 0.6 is 22.6 Å². The number of hydrogen-bond donors (Lipinski definition) is 0. The van der Waals surface area contributed by atoms with E-state index < -0.39 is 13.5 Å². The van der Waals surface area contributed by atoms with Gasteiger partial charge in [0, 0.05) is 0 Å². The Morgan fingerprint density at radius 1 is 1.21 bits per heavy atom. The molecule has 0 heterocycles. The van der Waals surface area contributed by atoms with E-state index in [0.717, 1.165) is 0 Å². The zero-order chi connectivity index (χ0) is 9.90. The van der Waals surface area contributed by atoms with E-state index in [2.05, 4.69) is 4.74 Å². The molecule has 0 spiro atoms. The first kappa shape index (κ1) is 15.2. The summed E-state index contributed by atoms with van der Waals surface area (Å²) in [6, 6.07) is 6.59. The van der Waals surface area contributed by atoms with Gasteiger partial charge in [-0.25, -0.2) is 0 Å². The summed E-state index contributed by atoms with van der Waals surface area (Å²) in [4.78, 5) is 0. The maximum atomic E-state index is 11.8. The average molecular weight is 340 g/mol. The van der Waals surface area contributed by atoms with Gasteiger partial charge in [0.1, 0.15) is 5.75 Å². The molecule has 0 aliphatic heterocycles. The van der Waals surface area contributed by atoms with Gasteiger partial charge in [0.05, 0.1) is 10.1 Å². The number of para-hydroxylation sites is 1. The average Bonchev–Trinajstić information content (AvgIpc) is 2.01. The van der Waals surface area contributed by atoms with Crippen LogP contribution in [0, 0.1) is 3.57 Å². The third-order valence-corrected chi connectivity index (χ3v) is 2.16. The molecule has 0 aromatic heterocycles. The second-order valence-corrected chi connectivity index (χ2v) is 3.61. The molecule has 0 aliphatic rings. The first-order chi connectivity index (χ1) is 5.99. The topological polar surface area (TPSA) is 9.23 Å². The quantitative estimate of drug-likeness (QED) is 0.559. The Kier molecular flexibility index (Phi) is 7.34. The van der Waals surface area contributed by atoms with Crippen molar-refractivity contribution in [1.82, 2.24) is 0 Å². The zero-order valence-electron chi connectivity index (χ0n) is 7.51. The standard InChI is InChI=1S/C7H6BF3IO.K/c9-8(10,11)5-13-7-4-2-1-3-6(7)12;/h1-4H,5H2;/q-1;+1. The Morgan fingerprint density at radius 2 is 1.79 bits per heavy atom. The summed E-state index contributed by atoms with van der Waals surface area (Å²) in [7, 11) is 0. The normalized spacial score (nSPS) is 10.6. The number of hydrogen-bond acceptors (Lipinski definition) is 1. The minimum absolute atomic E-state index is 0. The van der Waals surface area contributed by atoms with Crippen LogP contribution in [0.2, 0.25) is 0 Å². The van der Waals surface area contributed by atoms with E-state index in [0.29, 0.717) is 3.57 Å². The fraction of sp³-hybridized carbons (Fsp3) is 0.143. The molecule has 72 valence electrons. The number of benzene rings is 1. The van der Waals surface area contributed by atoms with E-state index in [-0.39, 0.29) is 57.1 Å². The van der Waals surface area contributed by atoms with E-state index in [4.69, 9.17) is 0 Å². The van der Waals surface area contributed by atoms with Crippen molar-refractivity contribution in [3.63, 3.8) is 0 Å². The van der Waals surface area contributed by atoms with Crippen LogP contribution in [0.15, 0.2) is 24.3 Å². The largest absolute Gasteiger partial charge is 1.00 e. The Hall–Kier alpha value is 1.24. The van der Waals surface area contributed by atoms with Crippen molar-refractivity contribution >= 4 is 29.6 Å². The van der Waals surface area contributed by atoms with E-state index in [9.17, 15) is 12.9 Å². The molecule has 0 amide bonds. The van der Waals surface area contributed by atoms with E-state index in [1.54, 1.807) is 18.2 Å². The van der Waals surface area contributed by atoms with E-state index in [1.165, 1.54) is 6.07 Å². The molecule has 1 nitrogen and oxygen atoms in total. The molecule has 1 aromatic carbocycles. The molecule has 0 saturated carbocycles. The van der Waals surface area contributed by atoms with Crippen molar-refractivity contribution < 1.29 is 69.1 Å². The van der Waals surface area contributed by atoms with Crippen molar-refractivity contribution in [3.8, 4) is 5.75 Å². The van der Waals surface area contributed by atoms with Crippen LogP contribution in [0.4, 0.5) is 12.9 Å². The van der Waals surface area contributed by atoms with Gasteiger partial charge in [-0.15, -0.1) is 0 Å². The summed E-state index contributed by atoms with van der Waals surface area (Å²) < 4.78 is 40.7. The summed E-state index contributed by atoms with van der Waals surface area (Å²) in [5.41, 5.74) is 0. The second kappa shape index (κ2) is 6.74. The maximum Gasteiger partial charge on any atom is 1.00 e. The Morgan fingerprint density at radius 3 is 2.29 bits per heavy atom. The van der Waals surface area contributed by atoms with Crippen molar-refractivity contribution in [2.24, 2.45) is 0 Å². The molecule has 0 N–H and O–H groups in total. The predicted molar refractivity (Wildman–Crippen MR) is 53.7 cm³/mol. The molecular formula is C7H6BF3IKO. The van der Waals surface area contributed by atoms with Gasteiger partial charge in [-0.05, 0) is 34.7 Å². The SMILES string of the molecule is F[B-](F)(F)COc1ccccc1I.[K+]. The molecular weight excluding hydrogens is 334 g/mol. The number of halogens is 4. The van der Waals surface area contributed by atoms with E-state index in [1.807, 2.05) is 22.6 Å². The summed E-state index contributed by atoms with van der Waals surface area (Å²) in [5, 5.41) is 0. The first-order valence-electron chi connectivity index (χ1n) is 3.57. The summed E-state index contributed by atoms with van der Waals surface area (Å²) in [6.45, 7) is -6.05. The molecule has 0 saturated heterocycles. The van der Waals surface area contributed by atoms with Gasteiger partial charge in [-0.1, -0.05) is 12.1 Å². The molecule has 7 heteroatoms. The van der Waals surface area contributed by atoms with Gasteiger partial charge < -0.3 is 17.7 Å². The van der Waals surface area contributed by atoms with Crippen LogP contribution in [-0.4, -0.2) is 13.5 Å². The second-order valence-electron chi connectivity index (χ2n) is 2.45. The fourth-order valence-electron chi connectivity index (χ4n) is 0.746. The van der Waals surface area contributed by atoms with Gasteiger partial charge in [0.2, 0.25) is 0 Å². The van der Waals surface area contributed by atoms with Crippen LogP contribution in [0.3, 0.4) is 0 Å². The first-order valence-corrected chi connectivity index (χ1v) is 4.65. The summed E-state index contributed by atoms with van der Waals surface area (Å²) in [6.07, 6.45) is 0. The van der Waals surface area contributed by atoms with Crippen LogP contribution in [0.1, 0.15) is 0 Å². The van der Waals surface area contributed by atoms with Crippen LogP contribution in [0.25, 0.3) is 0 Å². The minimum Gasteiger partial charge on any atom is -0.521 e. The third kappa shape index (κ3) is 5.96. The third-order valence-electron chi connectivity index (χ3n) is 1.26. The minimum atomic E-state index is -4.87. The van der Waals surface area contributed by atoms with Crippen molar-refractivity contribution in [1.29, 1.82) is 0 Å². The van der Waals surface area contributed by atoms with Crippen molar-refractivity contribution in [3.05, 3.63) is 27.8 Å². The molecule has 0 aliphatic carbocycles. The molecule has 0 radical (unpaired) electrons. The molecule has 0 bridgehead atoms. The summed E-state index contributed by atoms with van der Waals surface area (Å²) in [5.74, 6) is 0.280. The van der Waals surface area contributed by atoms with Crippen molar-refractivity contribution in [2.45, 2.75) is 0 Å². The smallest absolute Gasteiger partial charge is 0.521 e. The van der Waals surface area contributed by atoms with E-state index >= 15 is 0 Å². The Balaban J connectivity index is 0.00000169. The van der Waals surface area contributed by atoms with Gasteiger partial charge in [-0.3, -0.25) is 0 Å². The monoisotopic (exact) mass is 340 g/mol. The van der Waals surface area contributed by atoms with Crippen LogP contribution in [0.5, 0.6) is 5.75 Å². The van der Waals surface area contributed by atoms with Crippen LogP contribution in [-0.2, 0) is 0 Å². The van der Waals surface area contributed by atoms with Gasteiger partial charge in [-0.2, -0.15) is 0 Å². The number of ether oxygens (including phenoxy) is 1. The maximum absolute atomic E-state index is 11.8. The Labute approximate surface area is 136 Å². The molecule has 1 aromatic rings. The fourth-order valence-corrected chi connectivity index (χ4v) is 1.29. The zero-order valence-corrected chi connectivity index (χ0v) is 12.8.